The van der Waals surface area contributed by atoms with Gasteiger partial charge in [0, 0.05) is 24.5 Å². The number of aliphatic hydroxyl groups is 1. The fourth-order valence-corrected chi connectivity index (χ4v) is 2.30. The molecule has 0 spiro atoms. The van der Waals surface area contributed by atoms with Gasteiger partial charge in [-0.3, -0.25) is 9.67 Å². The summed E-state index contributed by atoms with van der Waals surface area (Å²) in [6.45, 7) is 2.06. The van der Waals surface area contributed by atoms with Crippen molar-refractivity contribution in [1.82, 2.24) is 14.8 Å². The van der Waals surface area contributed by atoms with Crippen molar-refractivity contribution in [2.24, 2.45) is 7.05 Å². The Hall–Kier alpha value is -1.20. The Bertz CT molecular complexity index is 450. The van der Waals surface area contributed by atoms with Gasteiger partial charge < -0.3 is 5.11 Å². The number of aryl methyl sites for hydroxylation is 2. The Kier molecular flexibility index (Phi) is 3.36. The first-order valence-corrected chi connectivity index (χ1v) is 6.17. The van der Waals surface area contributed by atoms with E-state index < -0.39 is 6.10 Å². The summed E-state index contributed by atoms with van der Waals surface area (Å²) in [4.78, 5) is 5.09. The number of hydrogen-bond donors (Lipinski definition) is 1. The predicted molar refractivity (Wildman–Crippen MR) is 63.4 cm³/mol. The summed E-state index contributed by atoms with van der Waals surface area (Å²) in [5, 5.41) is 14.4. The molecular formula is C11H15N3OS. The van der Waals surface area contributed by atoms with Gasteiger partial charge >= 0.3 is 0 Å². The third kappa shape index (κ3) is 2.31. The highest BCUT2D eigenvalue weighted by Crippen LogP contribution is 2.20. The van der Waals surface area contributed by atoms with Gasteiger partial charge in [-0.1, -0.05) is 6.92 Å². The zero-order valence-electron chi connectivity index (χ0n) is 9.42. The van der Waals surface area contributed by atoms with Crippen LogP contribution < -0.4 is 0 Å². The molecule has 0 aliphatic carbocycles. The van der Waals surface area contributed by atoms with E-state index in [1.54, 1.807) is 27.7 Å². The molecule has 2 aromatic rings. The SMILES string of the molecule is CCc1cc(C(O)Cc2cncs2)n(C)n1. The highest BCUT2D eigenvalue weighted by Gasteiger charge is 2.14. The fraction of sp³-hybridized carbons (Fsp3) is 0.455. The maximum atomic E-state index is 10.1. The van der Waals surface area contributed by atoms with Gasteiger partial charge in [-0.2, -0.15) is 5.10 Å². The summed E-state index contributed by atoms with van der Waals surface area (Å²) in [5.74, 6) is 0. The van der Waals surface area contributed by atoms with E-state index >= 15 is 0 Å². The number of hydrogen-bond acceptors (Lipinski definition) is 4. The van der Waals surface area contributed by atoms with Gasteiger partial charge in [0.05, 0.1) is 16.9 Å². The summed E-state index contributed by atoms with van der Waals surface area (Å²) in [6.07, 6.45) is 2.79. The van der Waals surface area contributed by atoms with Crippen molar-refractivity contribution in [3.63, 3.8) is 0 Å². The van der Waals surface area contributed by atoms with Crippen molar-refractivity contribution >= 4 is 11.3 Å². The Morgan fingerprint density at radius 3 is 2.94 bits per heavy atom. The minimum absolute atomic E-state index is 0.502. The summed E-state index contributed by atoms with van der Waals surface area (Å²) < 4.78 is 1.75. The lowest BCUT2D eigenvalue weighted by molar-refractivity contribution is 0.169. The van der Waals surface area contributed by atoms with Crippen LogP contribution in [-0.2, 0) is 19.9 Å². The molecule has 0 fully saturated rings. The molecule has 5 heteroatoms. The average Bonchev–Trinajstić information content (AvgIpc) is 2.87. The third-order valence-electron chi connectivity index (χ3n) is 2.55. The Labute approximate surface area is 98.6 Å². The molecule has 0 bridgehead atoms. The molecule has 0 aliphatic heterocycles. The maximum absolute atomic E-state index is 10.1. The summed E-state index contributed by atoms with van der Waals surface area (Å²) in [6, 6.07) is 1.96. The van der Waals surface area contributed by atoms with Crippen LogP contribution >= 0.6 is 11.3 Å². The number of aromatic nitrogens is 3. The second-order valence-corrected chi connectivity index (χ2v) is 4.70. The smallest absolute Gasteiger partial charge is 0.100 e. The zero-order chi connectivity index (χ0) is 11.5. The van der Waals surface area contributed by atoms with E-state index in [4.69, 9.17) is 0 Å². The number of thiazole rings is 1. The van der Waals surface area contributed by atoms with Crippen LogP contribution in [0.25, 0.3) is 0 Å². The first-order valence-electron chi connectivity index (χ1n) is 5.29. The van der Waals surface area contributed by atoms with Crippen LogP contribution in [0.5, 0.6) is 0 Å². The van der Waals surface area contributed by atoms with E-state index in [1.165, 1.54) is 0 Å². The quantitative estimate of drug-likeness (QED) is 0.880. The lowest BCUT2D eigenvalue weighted by Gasteiger charge is -2.08. The highest BCUT2D eigenvalue weighted by atomic mass is 32.1. The molecule has 0 aliphatic rings. The molecule has 2 aromatic heterocycles. The molecule has 0 radical (unpaired) electrons. The normalized spacial score (nSPS) is 12.9. The van der Waals surface area contributed by atoms with E-state index in [-0.39, 0.29) is 0 Å². The Morgan fingerprint density at radius 1 is 1.56 bits per heavy atom. The van der Waals surface area contributed by atoms with E-state index in [2.05, 4.69) is 17.0 Å². The van der Waals surface area contributed by atoms with Crippen molar-refractivity contribution in [2.75, 3.05) is 0 Å². The third-order valence-corrected chi connectivity index (χ3v) is 3.35. The van der Waals surface area contributed by atoms with Crippen LogP contribution in [0.1, 0.15) is 29.3 Å². The molecule has 1 atom stereocenters. The second kappa shape index (κ2) is 4.76. The highest BCUT2D eigenvalue weighted by molar-refractivity contribution is 7.09. The lowest BCUT2D eigenvalue weighted by Crippen LogP contribution is -2.07. The number of rotatable bonds is 4. The molecule has 0 saturated carbocycles. The molecule has 1 N–H and O–H groups in total. The molecule has 0 aromatic carbocycles. The van der Waals surface area contributed by atoms with Gasteiger partial charge in [-0.15, -0.1) is 11.3 Å². The molecule has 2 rings (SSSR count). The van der Waals surface area contributed by atoms with Crippen molar-refractivity contribution in [3.8, 4) is 0 Å². The molecule has 1 unspecified atom stereocenters. The minimum Gasteiger partial charge on any atom is -0.386 e. The van der Waals surface area contributed by atoms with Gasteiger partial charge in [0.15, 0.2) is 0 Å². The van der Waals surface area contributed by atoms with E-state index in [0.717, 1.165) is 22.7 Å². The van der Waals surface area contributed by atoms with Gasteiger partial charge in [0.25, 0.3) is 0 Å². The van der Waals surface area contributed by atoms with Gasteiger partial charge in [-0.25, -0.2) is 0 Å². The van der Waals surface area contributed by atoms with E-state index in [9.17, 15) is 5.11 Å². The van der Waals surface area contributed by atoms with Crippen molar-refractivity contribution < 1.29 is 5.11 Å². The second-order valence-electron chi connectivity index (χ2n) is 3.73. The van der Waals surface area contributed by atoms with Crippen LogP contribution in [0.15, 0.2) is 17.8 Å². The minimum atomic E-state index is -0.502. The van der Waals surface area contributed by atoms with Crippen LogP contribution in [-0.4, -0.2) is 19.9 Å². The van der Waals surface area contributed by atoms with Gasteiger partial charge in [0.1, 0.15) is 6.10 Å². The summed E-state index contributed by atoms with van der Waals surface area (Å²) >= 11 is 1.56. The Morgan fingerprint density at radius 2 is 2.38 bits per heavy atom. The number of nitrogens with zero attached hydrogens (tertiary/aromatic N) is 3. The topological polar surface area (TPSA) is 50.9 Å². The Balaban J connectivity index is 2.14. The first-order chi connectivity index (χ1) is 7.70. The molecule has 16 heavy (non-hydrogen) atoms. The number of aliphatic hydroxyl groups excluding tert-OH is 1. The van der Waals surface area contributed by atoms with Crippen LogP contribution in [0.3, 0.4) is 0 Å². The van der Waals surface area contributed by atoms with Gasteiger partial charge in [-0.05, 0) is 12.5 Å². The molecule has 2 heterocycles. The van der Waals surface area contributed by atoms with Crippen LogP contribution in [0.2, 0.25) is 0 Å². The molecule has 0 saturated heterocycles. The lowest BCUT2D eigenvalue weighted by atomic mass is 10.1. The van der Waals surface area contributed by atoms with Crippen molar-refractivity contribution in [3.05, 3.63) is 34.0 Å². The summed E-state index contributed by atoms with van der Waals surface area (Å²) in [5.41, 5.74) is 3.66. The summed E-state index contributed by atoms with van der Waals surface area (Å²) in [7, 11) is 1.87. The standard InChI is InChI=1S/C11H15N3OS/c1-3-8-4-10(14(2)13-8)11(15)5-9-6-12-7-16-9/h4,6-7,11,15H,3,5H2,1-2H3. The fourth-order valence-electron chi connectivity index (χ4n) is 1.67. The first kappa shape index (κ1) is 11.3. The largest absolute Gasteiger partial charge is 0.386 e. The molecule has 86 valence electrons. The van der Waals surface area contributed by atoms with E-state index in [0.29, 0.717) is 6.42 Å². The van der Waals surface area contributed by atoms with Crippen LogP contribution in [0.4, 0.5) is 0 Å². The van der Waals surface area contributed by atoms with Gasteiger partial charge in [0.2, 0.25) is 0 Å². The molecular weight excluding hydrogens is 222 g/mol. The van der Waals surface area contributed by atoms with Crippen molar-refractivity contribution in [2.45, 2.75) is 25.9 Å². The maximum Gasteiger partial charge on any atom is 0.100 e. The molecule has 0 amide bonds. The monoisotopic (exact) mass is 237 g/mol. The average molecular weight is 237 g/mol. The predicted octanol–water partition coefficient (Wildman–Crippen LogP) is 1.72. The zero-order valence-corrected chi connectivity index (χ0v) is 10.2. The molecule has 4 nitrogen and oxygen atoms in total. The van der Waals surface area contributed by atoms with Crippen molar-refractivity contribution in [1.29, 1.82) is 0 Å². The van der Waals surface area contributed by atoms with E-state index in [1.807, 2.05) is 13.1 Å². The van der Waals surface area contributed by atoms with Crippen LogP contribution in [0, 0.1) is 0 Å².